The summed E-state index contributed by atoms with van der Waals surface area (Å²) in [6, 6.07) is 0. The van der Waals surface area contributed by atoms with E-state index in [1.54, 1.807) is 6.92 Å². The van der Waals surface area contributed by atoms with Gasteiger partial charge >= 0.3 is 5.97 Å². The molecule has 0 aromatic rings. The van der Waals surface area contributed by atoms with Crippen molar-refractivity contribution in [2.45, 2.75) is 39.2 Å². The average molecular weight is 217 g/mol. The van der Waals surface area contributed by atoms with Crippen molar-refractivity contribution in [2.75, 3.05) is 20.3 Å². The van der Waals surface area contributed by atoms with E-state index in [9.17, 15) is 4.79 Å². The minimum absolute atomic E-state index is 0.369. The zero-order valence-electron chi connectivity index (χ0n) is 10.2. The van der Waals surface area contributed by atoms with Crippen molar-refractivity contribution in [1.82, 2.24) is 0 Å². The van der Waals surface area contributed by atoms with Crippen LogP contribution in [0.1, 0.15) is 33.6 Å². The largest absolute Gasteiger partial charge is 0.468 e. The molecule has 0 aliphatic heterocycles. The van der Waals surface area contributed by atoms with Gasteiger partial charge in [-0.3, -0.25) is 4.79 Å². The maximum atomic E-state index is 11.2. The second kappa shape index (κ2) is 6.80. The Hall–Kier alpha value is -0.610. The van der Waals surface area contributed by atoms with Gasteiger partial charge in [0.1, 0.15) is 5.54 Å². The number of ether oxygens (including phenoxy) is 2. The van der Waals surface area contributed by atoms with Gasteiger partial charge in [-0.05, 0) is 25.7 Å². The topological polar surface area (TPSA) is 61.5 Å². The van der Waals surface area contributed by atoms with E-state index in [0.29, 0.717) is 18.9 Å². The van der Waals surface area contributed by atoms with Crippen LogP contribution in [0.4, 0.5) is 0 Å². The molecule has 90 valence electrons. The molecule has 0 saturated heterocycles. The molecule has 0 radical (unpaired) electrons. The molecule has 4 nitrogen and oxygen atoms in total. The Labute approximate surface area is 92.1 Å². The Kier molecular flexibility index (Phi) is 6.52. The lowest BCUT2D eigenvalue weighted by Crippen LogP contribution is -2.45. The molecule has 0 heterocycles. The molecule has 0 aliphatic rings. The molecule has 1 atom stereocenters. The van der Waals surface area contributed by atoms with Gasteiger partial charge in [0.2, 0.25) is 0 Å². The predicted molar refractivity (Wildman–Crippen MR) is 59.5 cm³/mol. The molecule has 2 N–H and O–H groups in total. The first-order chi connectivity index (χ1) is 6.90. The van der Waals surface area contributed by atoms with Gasteiger partial charge in [-0.15, -0.1) is 0 Å². The summed E-state index contributed by atoms with van der Waals surface area (Å²) in [5.41, 5.74) is 4.89. The minimum Gasteiger partial charge on any atom is -0.468 e. The Bertz CT molecular complexity index is 190. The van der Waals surface area contributed by atoms with E-state index in [0.717, 1.165) is 13.0 Å². The van der Waals surface area contributed by atoms with Crippen LogP contribution in [0.5, 0.6) is 0 Å². The Morgan fingerprint density at radius 2 is 2.07 bits per heavy atom. The van der Waals surface area contributed by atoms with Crippen LogP contribution in [0.2, 0.25) is 0 Å². The lowest BCUT2D eigenvalue weighted by atomic mass is 9.98. The zero-order valence-corrected chi connectivity index (χ0v) is 10.2. The maximum absolute atomic E-state index is 11.2. The van der Waals surface area contributed by atoms with Crippen molar-refractivity contribution in [3.8, 4) is 0 Å². The number of hydrogen-bond acceptors (Lipinski definition) is 4. The summed E-state index contributed by atoms with van der Waals surface area (Å²) in [5.74, 6) is 0.168. The number of carbonyl (C=O) groups is 1. The van der Waals surface area contributed by atoms with Crippen molar-refractivity contribution in [1.29, 1.82) is 0 Å². The van der Waals surface area contributed by atoms with Gasteiger partial charge in [0, 0.05) is 13.2 Å². The highest BCUT2D eigenvalue weighted by Crippen LogP contribution is 2.10. The first-order valence-electron chi connectivity index (χ1n) is 5.35. The van der Waals surface area contributed by atoms with Crippen molar-refractivity contribution < 1.29 is 14.3 Å². The summed E-state index contributed by atoms with van der Waals surface area (Å²) >= 11 is 0. The standard InChI is InChI=1S/C11H23NO3/c1-9(2)8-15-7-5-6-11(3,12)10(13)14-4/h9H,5-8,12H2,1-4H3. The molecule has 0 bridgehead atoms. The minimum atomic E-state index is -0.893. The number of rotatable bonds is 7. The van der Waals surface area contributed by atoms with Gasteiger partial charge in [-0.2, -0.15) is 0 Å². The summed E-state index contributed by atoms with van der Waals surface area (Å²) in [7, 11) is 1.35. The summed E-state index contributed by atoms with van der Waals surface area (Å²) in [6.45, 7) is 7.27. The highest BCUT2D eigenvalue weighted by molar-refractivity contribution is 5.79. The third kappa shape index (κ3) is 6.47. The van der Waals surface area contributed by atoms with E-state index in [1.165, 1.54) is 7.11 Å². The van der Waals surface area contributed by atoms with E-state index in [4.69, 9.17) is 10.5 Å². The lowest BCUT2D eigenvalue weighted by Gasteiger charge is -2.21. The van der Waals surface area contributed by atoms with Crippen molar-refractivity contribution in [3.63, 3.8) is 0 Å². The molecule has 0 aromatic heterocycles. The highest BCUT2D eigenvalue weighted by atomic mass is 16.5. The van der Waals surface area contributed by atoms with Gasteiger partial charge in [-0.25, -0.2) is 0 Å². The van der Waals surface area contributed by atoms with Gasteiger partial charge in [0.25, 0.3) is 0 Å². The number of methoxy groups -OCH3 is 1. The van der Waals surface area contributed by atoms with Gasteiger partial charge in [0.15, 0.2) is 0 Å². The number of esters is 1. The molecule has 15 heavy (non-hydrogen) atoms. The molecular weight excluding hydrogens is 194 g/mol. The van der Waals surface area contributed by atoms with Crippen LogP contribution in [0.3, 0.4) is 0 Å². The number of hydrogen-bond donors (Lipinski definition) is 1. The van der Waals surface area contributed by atoms with Crippen LogP contribution in [-0.2, 0) is 14.3 Å². The zero-order chi connectivity index (χ0) is 11.9. The van der Waals surface area contributed by atoms with Crippen LogP contribution >= 0.6 is 0 Å². The lowest BCUT2D eigenvalue weighted by molar-refractivity contribution is -0.146. The van der Waals surface area contributed by atoms with Crippen LogP contribution in [0.15, 0.2) is 0 Å². The van der Waals surface area contributed by atoms with E-state index in [-0.39, 0.29) is 5.97 Å². The summed E-state index contributed by atoms with van der Waals surface area (Å²) in [4.78, 5) is 11.2. The first kappa shape index (κ1) is 14.4. The second-order valence-corrected chi connectivity index (χ2v) is 4.48. The fourth-order valence-corrected chi connectivity index (χ4v) is 1.20. The number of carbonyl (C=O) groups excluding carboxylic acids is 1. The SMILES string of the molecule is COC(=O)C(C)(N)CCCOCC(C)C. The molecule has 0 amide bonds. The van der Waals surface area contributed by atoms with E-state index in [2.05, 4.69) is 18.6 Å². The Morgan fingerprint density at radius 1 is 1.47 bits per heavy atom. The summed E-state index contributed by atoms with van der Waals surface area (Å²) in [5, 5.41) is 0. The fourth-order valence-electron chi connectivity index (χ4n) is 1.20. The maximum Gasteiger partial charge on any atom is 0.325 e. The normalized spacial score (nSPS) is 15.1. The van der Waals surface area contributed by atoms with Crippen molar-refractivity contribution in [2.24, 2.45) is 11.7 Å². The van der Waals surface area contributed by atoms with Crippen LogP contribution < -0.4 is 5.73 Å². The third-order valence-electron chi connectivity index (χ3n) is 2.09. The van der Waals surface area contributed by atoms with E-state index < -0.39 is 5.54 Å². The molecule has 0 saturated carbocycles. The molecule has 0 rings (SSSR count). The molecule has 4 heteroatoms. The van der Waals surface area contributed by atoms with Gasteiger partial charge < -0.3 is 15.2 Å². The Balaban J connectivity index is 3.62. The third-order valence-corrected chi connectivity index (χ3v) is 2.09. The molecule has 0 fully saturated rings. The Morgan fingerprint density at radius 3 is 2.53 bits per heavy atom. The molecule has 0 aromatic carbocycles. The van der Waals surface area contributed by atoms with Crippen LogP contribution in [-0.4, -0.2) is 31.8 Å². The van der Waals surface area contributed by atoms with E-state index in [1.807, 2.05) is 0 Å². The average Bonchev–Trinajstić information content (AvgIpc) is 2.15. The molecule has 1 unspecified atom stereocenters. The van der Waals surface area contributed by atoms with Gasteiger partial charge in [-0.1, -0.05) is 13.8 Å². The monoisotopic (exact) mass is 217 g/mol. The molecule has 0 aliphatic carbocycles. The van der Waals surface area contributed by atoms with E-state index >= 15 is 0 Å². The molecular formula is C11H23NO3. The number of nitrogens with two attached hydrogens (primary N) is 1. The molecule has 0 spiro atoms. The fraction of sp³-hybridized carbons (Fsp3) is 0.909. The van der Waals surface area contributed by atoms with Crippen LogP contribution in [0, 0.1) is 5.92 Å². The van der Waals surface area contributed by atoms with Crippen molar-refractivity contribution >= 4 is 5.97 Å². The van der Waals surface area contributed by atoms with Crippen molar-refractivity contribution in [3.05, 3.63) is 0 Å². The summed E-state index contributed by atoms with van der Waals surface area (Å²) in [6.07, 6.45) is 1.35. The summed E-state index contributed by atoms with van der Waals surface area (Å²) < 4.78 is 10.0. The second-order valence-electron chi connectivity index (χ2n) is 4.48. The van der Waals surface area contributed by atoms with Gasteiger partial charge in [0.05, 0.1) is 7.11 Å². The predicted octanol–water partition coefficient (Wildman–Crippen LogP) is 1.33. The smallest absolute Gasteiger partial charge is 0.325 e. The van der Waals surface area contributed by atoms with Crippen LogP contribution in [0.25, 0.3) is 0 Å². The highest BCUT2D eigenvalue weighted by Gasteiger charge is 2.28. The quantitative estimate of drug-likeness (QED) is 0.516. The first-order valence-corrected chi connectivity index (χ1v) is 5.35.